The van der Waals surface area contributed by atoms with Gasteiger partial charge in [-0.05, 0) is 70.4 Å². The zero-order valence-corrected chi connectivity index (χ0v) is 26.3. The van der Waals surface area contributed by atoms with E-state index in [2.05, 4.69) is 23.7 Å². The first-order valence-corrected chi connectivity index (χ1v) is 14.9. The van der Waals surface area contributed by atoms with E-state index in [-0.39, 0.29) is 41.9 Å². The highest BCUT2D eigenvalue weighted by Gasteiger charge is 2.42. The molecule has 5 rings (SSSR count). The van der Waals surface area contributed by atoms with Crippen LogP contribution in [0.4, 0.5) is 14.9 Å². The van der Waals surface area contributed by atoms with Crippen LogP contribution in [-0.2, 0) is 27.9 Å². The van der Waals surface area contributed by atoms with Crippen molar-refractivity contribution in [3.05, 3.63) is 77.4 Å². The Balaban J connectivity index is 1.37. The lowest BCUT2D eigenvalue weighted by molar-refractivity contribution is -0.121. The highest BCUT2D eigenvalue weighted by molar-refractivity contribution is 5.97. The van der Waals surface area contributed by atoms with E-state index >= 15 is 0 Å². The number of halogens is 1. The van der Waals surface area contributed by atoms with Crippen LogP contribution < -0.4 is 4.90 Å². The van der Waals surface area contributed by atoms with Crippen molar-refractivity contribution in [2.45, 2.75) is 84.5 Å². The number of carbonyl (C=O) groups is 2. The van der Waals surface area contributed by atoms with Crippen molar-refractivity contribution in [1.82, 2.24) is 24.3 Å². The summed E-state index contributed by atoms with van der Waals surface area (Å²) in [7, 11) is 0. The van der Waals surface area contributed by atoms with E-state index in [0.29, 0.717) is 32.6 Å². The van der Waals surface area contributed by atoms with Crippen molar-refractivity contribution in [2.24, 2.45) is 0 Å². The molecular weight excluding hydrogens is 547 g/mol. The molecule has 1 saturated heterocycles. The number of carbonyl (C=O) groups excluding carboxylic acids is 2. The molecule has 0 aliphatic carbocycles. The second-order valence-corrected chi connectivity index (χ2v) is 13.7. The number of benzene rings is 1. The maximum atomic E-state index is 14.1. The van der Waals surface area contributed by atoms with Crippen LogP contribution in [-0.4, -0.2) is 80.2 Å². The van der Waals surface area contributed by atoms with Crippen molar-refractivity contribution >= 4 is 17.7 Å². The molecule has 0 spiro atoms. The second kappa shape index (κ2) is 11.7. The number of nitrogens with zero attached hydrogens (tertiary/aromatic N) is 6. The van der Waals surface area contributed by atoms with E-state index < -0.39 is 5.60 Å². The molecule has 2 aliphatic heterocycles. The summed E-state index contributed by atoms with van der Waals surface area (Å²) in [5.74, 6) is -0.269. The van der Waals surface area contributed by atoms with Gasteiger partial charge in [0, 0.05) is 56.1 Å². The largest absolute Gasteiger partial charge is 0.444 e. The standard InChI is InChI=1S/C33H43FN6O3/c1-22-15-37(21-36-22)17-27-18-39(31(42)43-32(3,4)5)23(2)16-38(27)19-29(41)40-20-33(6,7)30-28(40)13-25(14-35-30)12-24-8-10-26(34)11-9-24/h8-11,13-15,21,23,27H,12,16-20H2,1-7H3/t23-,27-/m1/s1. The topological polar surface area (TPSA) is 83.8 Å². The van der Waals surface area contributed by atoms with Crippen LogP contribution in [0.5, 0.6) is 0 Å². The van der Waals surface area contributed by atoms with Gasteiger partial charge >= 0.3 is 6.09 Å². The number of piperazine rings is 1. The van der Waals surface area contributed by atoms with Crippen molar-refractivity contribution in [2.75, 3.05) is 31.1 Å². The molecule has 1 aromatic carbocycles. The minimum absolute atomic E-state index is 0.00251. The Bertz CT molecular complexity index is 1480. The third kappa shape index (κ3) is 7.06. The summed E-state index contributed by atoms with van der Waals surface area (Å²) in [5, 5.41) is 0. The van der Waals surface area contributed by atoms with Gasteiger partial charge in [0.2, 0.25) is 5.91 Å². The van der Waals surface area contributed by atoms with Crippen LogP contribution >= 0.6 is 0 Å². The quantitative estimate of drug-likeness (QED) is 0.404. The zero-order valence-electron chi connectivity index (χ0n) is 26.3. The molecular formula is C33H43FN6O3. The number of ether oxygens (including phenoxy) is 1. The fourth-order valence-electron chi connectivity index (χ4n) is 6.06. The van der Waals surface area contributed by atoms with Crippen LogP contribution in [0.1, 0.15) is 64.1 Å². The predicted octanol–water partition coefficient (Wildman–Crippen LogP) is 4.95. The fourth-order valence-corrected chi connectivity index (χ4v) is 6.06. The summed E-state index contributed by atoms with van der Waals surface area (Å²) < 4.78 is 21.2. The third-order valence-electron chi connectivity index (χ3n) is 8.14. The molecule has 2 aromatic heterocycles. The van der Waals surface area contributed by atoms with Gasteiger partial charge in [-0.3, -0.25) is 14.7 Å². The summed E-state index contributed by atoms with van der Waals surface area (Å²) in [4.78, 5) is 42.2. The average molecular weight is 591 g/mol. The van der Waals surface area contributed by atoms with Crippen LogP contribution in [0, 0.1) is 12.7 Å². The SMILES string of the molecule is Cc1cn(C[C@@H]2CN(C(=O)OC(C)(C)C)[C@H](C)CN2CC(=O)N2CC(C)(C)c3ncc(Cc4ccc(F)cc4)cc32)cn1. The zero-order chi connectivity index (χ0) is 31.1. The Hall–Kier alpha value is -3.79. The molecule has 1 fully saturated rings. The molecule has 0 bridgehead atoms. The molecule has 0 unspecified atom stereocenters. The molecule has 4 heterocycles. The van der Waals surface area contributed by atoms with Gasteiger partial charge in [0.25, 0.3) is 0 Å². The van der Waals surface area contributed by atoms with Crippen molar-refractivity contribution < 1.29 is 18.7 Å². The molecule has 2 amide bonds. The number of hydrogen-bond acceptors (Lipinski definition) is 6. The smallest absolute Gasteiger partial charge is 0.410 e. The summed E-state index contributed by atoms with van der Waals surface area (Å²) in [6.45, 7) is 16.1. The number of anilines is 1. The van der Waals surface area contributed by atoms with E-state index in [9.17, 15) is 14.0 Å². The van der Waals surface area contributed by atoms with E-state index in [0.717, 1.165) is 28.2 Å². The van der Waals surface area contributed by atoms with Gasteiger partial charge < -0.3 is 19.1 Å². The average Bonchev–Trinajstić information content (AvgIpc) is 3.44. The van der Waals surface area contributed by atoms with Gasteiger partial charge in [-0.1, -0.05) is 26.0 Å². The molecule has 230 valence electrons. The predicted molar refractivity (Wildman–Crippen MR) is 164 cm³/mol. The molecule has 10 heteroatoms. The van der Waals surface area contributed by atoms with Gasteiger partial charge in [-0.2, -0.15) is 0 Å². The molecule has 43 heavy (non-hydrogen) atoms. The van der Waals surface area contributed by atoms with E-state index in [1.807, 2.05) is 62.5 Å². The minimum Gasteiger partial charge on any atom is -0.444 e. The fraction of sp³-hybridized carbons (Fsp3) is 0.515. The summed E-state index contributed by atoms with van der Waals surface area (Å²) in [6.07, 6.45) is 5.88. The Morgan fingerprint density at radius 3 is 2.47 bits per heavy atom. The first-order valence-electron chi connectivity index (χ1n) is 14.9. The summed E-state index contributed by atoms with van der Waals surface area (Å²) in [5.41, 5.74) is 3.70. The Kier molecular flexibility index (Phi) is 8.35. The van der Waals surface area contributed by atoms with Crippen LogP contribution in [0.25, 0.3) is 0 Å². The molecule has 9 nitrogen and oxygen atoms in total. The number of rotatable bonds is 6. The molecule has 0 radical (unpaired) electrons. The summed E-state index contributed by atoms with van der Waals surface area (Å²) in [6, 6.07) is 8.27. The Labute approximate surface area is 253 Å². The normalized spacial score (nSPS) is 20.3. The number of aryl methyl sites for hydroxylation is 1. The van der Waals surface area contributed by atoms with Crippen molar-refractivity contribution in [1.29, 1.82) is 0 Å². The maximum Gasteiger partial charge on any atom is 0.410 e. The summed E-state index contributed by atoms with van der Waals surface area (Å²) >= 11 is 0. The van der Waals surface area contributed by atoms with Gasteiger partial charge in [0.1, 0.15) is 11.4 Å². The Morgan fingerprint density at radius 2 is 1.81 bits per heavy atom. The lowest BCUT2D eigenvalue weighted by Crippen LogP contribution is -2.62. The van der Waals surface area contributed by atoms with E-state index in [1.54, 1.807) is 23.4 Å². The maximum absolute atomic E-state index is 14.1. The number of imidazole rings is 1. The van der Waals surface area contributed by atoms with Gasteiger partial charge in [-0.25, -0.2) is 14.2 Å². The van der Waals surface area contributed by atoms with Crippen molar-refractivity contribution in [3.63, 3.8) is 0 Å². The molecule has 0 saturated carbocycles. The molecule has 2 atom stereocenters. The van der Waals surface area contributed by atoms with Crippen LogP contribution in [0.2, 0.25) is 0 Å². The van der Waals surface area contributed by atoms with Gasteiger partial charge in [0.15, 0.2) is 0 Å². The molecule has 2 aliphatic rings. The first-order chi connectivity index (χ1) is 20.2. The van der Waals surface area contributed by atoms with E-state index in [4.69, 9.17) is 9.72 Å². The molecule has 0 N–H and O–H groups in total. The van der Waals surface area contributed by atoms with Crippen LogP contribution in [0.15, 0.2) is 49.1 Å². The molecule has 3 aromatic rings. The highest BCUT2D eigenvalue weighted by Crippen LogP contribution is 2.40. The van der Waals surface area contributed by atoms with Gasteiger partial charge in [-0.15, -0.1) is 0 Å². The van der Waals surface area contributed by atoms with E-state index in [1.165, 1.54) is 12.1 Å². The second-order valence-electron chi connectivity index (χ2n) is 13.7. The highest BCUT2D eigenvalue weighted by atomic mass is 19.1. The third-order valence-corrected chi connectivity index (χ3v) is 8.14. The number of fused-ring (bicyclic) bond motifs is 1. The number of hydrogen-bond donors (Lipinski definition) is 0. The van der Waals surface area contributed by atoms with Gasteiger partial charge in [0.05, 0.1) is 29.9 Å². The van der Waals surface area contributed by atoms with Crippen LogP contribution in [0.3, 0.4) is 0 Å². The Morgan fingerprint density at radius 1 is 1.09 bits per heavy atom. The number of amides is 2. The number of pyridine rings is 1. The monoisotopic (exact) mass is 590 g/mol. The first kappa shape index (κ1) is 30.7. The number of aromatic nitrogens is 3. The van der Waals surface area contributed by atoms with Crippen molar-refractivity contribution in [3.8, 4) is 0 Å². The minimum atomic E-state index is -0.597. The lowest BCUT2D eigenvalue weighted by Gasteiger charge is -2.45. The lowest BCUT2D eigenvalue weighted by atomic mass is 9.91.